The molecule has 2 rings (SSSR count). The molecule has 2 heterocycles. The first-order valence-electron chi connectivity index (χ1n) is 6.13. The molecule has 0 amide bonds. The third-order valence-corrected chi connectivity index (χ3v) is 3.13. The Morgan fingerprint density at radius 3 is 1.18 bits per heavy atom. The number of nitrogens with zero attached hydrogens (tertiary/aromatic N) is 4. The summed E-state index contributed by atoms with van der Waals surface area (Å²) in [4.78, 5) is 43.9. The second-order valence-electron chi connectivity index (χ2n) is 4.62. The molecule has 0 aromatic carbocycles. The summed E-state index contributed by atoms with van der Waals surface area (Å²) in [5.41, 5.74) is 9.10. The second-order valence-corrected chi connectivity index (χ2v) is 4.62. The molecule has 0 fully saturated rings. The first-order chi connectivity index (χ1) is 10.1. The van der Waals surface area contributed by atoms with Crippen LogP contribution < -0.4 is 34.0 Å². The molecule has 0 unspecified atom stereocenters. The lowest BCUT2D eigenvalue weighted by atomic mass is 10.5. The van der Waals surface area contributed by atoms with Crippen molar-refractivity contribution in [3.05, 3.63) is 53.8 Å². The normalized spacial score (nSPS) is 10.0. The number of aromatic nitrogens is 4. The first-order valence-corrected chi connectivity index (χ1v) is 6.13. The molecule has 10 nitrogen and oxygen atoms in total. The number of hydrogen-bond acceptors (Lipinski definition) is 6. The molecule has 0 saturated carbocycles. The Morgan fingerprint density at radius 1 is 0.636 bits per heavy atom. The molecule has 22 heavy (non-hydrogen) atoms. The summed E-state index contributed by atoms with van der Waals surface area (Å²) in [7, 11) is 5.84. The minimum absolute atomic E-state index is 0.179. The molecule has 120 valence electrons. The summed E-state index contributed by atoms with van der Waals surface area (Å²) in [6.07, 6.45) is 0. The average molecular weight is 310 g/mol. The van der Waals surface area contributed by atoms with Gasteiger partial charge in [0.1, 0.15) is 11.6 Å². The van der Waals surface area contributed by atoms with E-state index in [0.717, 1.165) is 9.13 Å². The van der Waals surface area contributed by atoms with Crippen LogP contribution in [0.15, 0.2) is 31.3 Å². The highest BCUT2D eigenvalue weighted by Crippen LogP contribution is 1.87. The minimum atomic E-state index is -0.407. The van der Waals surface area contributed by atoms with Gasteiger partial charge in [-0.3, -0.25) is 27.9 Å². The van der Waals surface area contributed by atoms with Crippen LogP contribution in [0, 0.1) is 0 Å². The van der Waals surface area contributed by atoms with Crippen molar-refractivity contribution in [2.24, 2.45) is 28.2 Å². The Kier molecular flexibility index (Phi) is 4.76. The highest BCUT2D eigenvalue weighted by atomic mass is 16.2. The Labute approximate surface area is 124 Å². The summed E-state index contributed by atoms with van der Waals surface area (Å²) < 4.78 is 4.41. The maximum atomic E-state index is 11.1. The number of hydrogen-bond donors (Lipinski definition) is 2. The summed E-state index contributed by atoms with van der Waals surface area (Å²) in [5.74, 6) is 0.358. The van der Waals surface area contributed by atoms with Gasteiger partial charge in [0.25, 0.3) is 11.1 Å². The topological polar surface area (TPSA) is 140 Å². The van der Waals surface area contributed by atoms with Crippen molar-refractivity contribution < 1.29 is 0 Å². The number of nitrogens with two attached hydrogens (primary N) is 2. The van der Waals surface area contributed by atoms with E-state index in [1.54, 1.807) is 0 Å². The predicted molar refractivity (Wildman–Crippen MR) is 82.7 cm³/mol. The zero-order chi connectivity index (χ0) is 17.2. The van der Waals surface area contributed by atoms with Gasteiger partial charge >= 0.3 is 11.4 Å². The Morgan fingerprint density at radius 2 is 0.909 bits per heavy atom. The third-order valence-electron chi connectivity index (χ3n) is 3.13. The smallest absolute Gasteiger partial charge is 0.332 e. The summed E-state index contributed by atoms with van der Waals surface area (Å²) >= 11 is 0. The van der Waals surface area contributed by atoms with Crippen molar-refractivity contribution in [2.75, 3.05) is 11.5 Å². The zero-order valence-corrected chi connectivity index (χ0v) is 12.7. The fourth-order valence-electron chi connectivity index (χ4n) is 1.50. The van der Waals surface area contributed by atoms with E-state index in [2.05, 4.69) is 0 Å². The number of rotatable bonds is 0. The molecule has 0 aliphatic heterocycles. The van der Waals surface area contributed by atoms with E-state index < -0.39 is 11.4 Å². The predicted octanol–water partition coefficient (Wildman–Crippen LogP) is -2.67. The lowest BCUT2D eigenvalue weighted by molar-refractivity contribution is 0.694. The van der Waals surface area contributed by atoms with Gasteiger partial charge in [0.15, 0.2) is 0 Å². The van der Waals surface area contributed by atoms with Crippen LogP contribution in [-0.4, -0.2) is 18.3 Å². The molecule has 0 atom stereocenters. The van der Waals surface area contributed by atoms with Crippen LogP contribution in [0.25, 0.3) is 0 Å². The van der Waals surface area contributed by atoms with Crippen molar-refractivity contribution in [1.29, 1.82) is 0 Å². The fourth-order valence-corrected chi connectivity index (χ4v) is 1.50. The van der Waals surface area contributed by atoms with Gasteiger partial charge in [-0.15, -0.1) is 0 Å². The summed E-state index contributed by atoms with van der Waals surface area (Å²) in [6.45, 7) is 0. The number of anilines is 2. The van der Waals surface area contributed by atoms with Crippen molar-refractivity contribution >= 4 is 11.6 Å². The van der Waals surface area contributed by atoms with Gasteiger partial charge in [-0.25, -0.2) is 9.59 Å². The van der Waals surface area contributed by atoms with Gasteiger partial charge in [0.2, 0.25) is 0 Å². The van der Waals surface area contributed by atoms with Crippen LogP contribution in [-0.2, 0) is 28.2 Å². The van der Waals surface area contributed by atoms with E-state index in [1.807, 2.05) is 0 Å². The molecule has 0 saturated heterocycles. The van der Waals surface area contributed by atoms with Crippen LogP contribution in [0.3, 0.4) is 0 Å². The van der Waals surface area contributed by atoms with Crippen LogP contribution in [0.2, 0.25) is 0 Å². The van der Waals surface area contributed by atoms with E-state index in [-0.39, 0.29) is 22.8 Å². The lowest BCUT2D eigenvalue weighted by Crippen LogP contribution is -2.37. The van der Waals surface area contributed by atoms with Crippen LogP contribution >= 0.6 is 0 Å². The van der Waals surface area contributed by atoms with Crippen LogP contribution in [0.4, 0.5) is 11.6 Å². The van der Waals surface area contributed by atoms with Crippen molar-refractivity contribution in [2.45, 2.75) is 0 Å². The Balaban J connectivity index is 0.000000220. The van der Waals surface area contributed by atoms with E-state index >= 15 is 0 Å². The number of nitrogen functional groups attached to an aromatic ring is 2. The summed E-state index contributed by atoms with van der Waals surface area (Å²) in [5, 5.41) is 0. The molecule has 0 aliphatic carbocycles. The average Bonchev–Trinajstić information content (AvgIpc) is 2.47. The van der Waals surface area contributed by atoms with Crippen molar-refractivity contribution in [3.8, 4) is 0 Å². The highest BCUT2D eigenvalue weighted by Gasteiger charge is 2.01. The molecule has 0 bridgehead atoms. The maximum Gasteiger partial charge on any atom is 0.332 e. The van der Waals surface area contributed by atoms with Gasteiger partial charge in [-0.2, -0.15) is 0 Å². The Bertz CT molecular complexity index is 853. The SMILES string of the molecule is Cn1c(N)cc(=O)n(C)c1=O.Cn1c(N)cc(=O)n(C)c1=O. The minimum Gasteiger partial charge on any atom is -0.385 e. The Hall–Kier alpha value is -3.04. The van der Waals surface area contributed by atoms with Crippen molar-refractivity contribution in [3.63, 3.8) is 0 Å². The summed E-state index contributed by atoms with van der Waals surface area (Å²) in [6, 6.07) is 2.42. The van der Waals surface area contributed by atoms with Crippen LogP contribution in [0.5, 0.6) is 0 Å². The van der Waals surface area contributed by atoms with Gasteiger partial charge in [-0.05, 0) is 0 Å². The van der Waals surface area contributed by atoms with Gasteiger partial charge in [0.05, 0.1) is 0 Å². The lowest BCUT2D eigenvalue weighted by Gasteiger charge is -2.02. The maximum absolute atomic E-state index is 11.1. The van der Waals surface area contributed by atoms with E-state index in [9.17, 15) is 19.2 Å². The van der Waals surface area contributed by atoms with E-state index in [4.69, 9.17) is 11.5 Å². The molecule has 0 aliphatic rings. The third kappa shape index (κ3) is 3.16. The molecule has 0 spiro atoms. The van der Waals surface area contributed by atoms with E-state index in [0.29, 0.717) is 0 Å². The van der Waals surface area contributed by atoms with Gasteiger partial charge < -0.3 is 11.5 Å². The molecule has 2 aromatic heterocycles. The fraction of sp³-hybridized carbons (Fsp3) is 0.333. The molecular weight excluding hydrogens is 292 g/mol. The molecule has 0 radical (unpaired) electrons. The van der Waals surface area contributed by atoms with Crippen molar-refractivity contribution in [1.82, 2.24) is 18.3 Å². The second kappa shape index (κ2) is 6.16. The molecule has 10 heteroatoms. The van der Waals surface area contributed by atoms with Gasteiger partial charge in [-0.1, -0.05) is 0 Å². The highest BCUT2D eigenvalue weighted by molar-refractivity contribution is 5.26. The largest absolute Gasteiger partial charge is 0.385 e. The van der Waals surface area contributed by atoms with Crippen LogP contribution in [0.1, 0.15) is 0 Å². The van der Waals surface area contributed by atoms with Gasteiger partial charge in [0, 0.05) is 40.3 Å². The first kappa shape index (κ1) is 17.0. The van der Waals surface area contributed by atoms with E-state index in [1.165, 1.54) is 49.5 Å². The monoisotopic (exact) mass is 310 g/mol. The molecule has 4 N–H and O–H groups in total. The zero-order valence-electron chi connectivity index (χ0n) is 12.7. The standard InChI is InChI=1S/2C6H9N3O2/c2*1-8-4(7)3-5(10)9(2)6(8)11/h2*3H,7H2,1-2H3. The molecular formula is C12H18N6O4. The molecule has 2 aromatic rings. The quantitative estimate of drug-likeness (QED) is 0.544.